The first-order valence-electron chi connectivity index (χ1n) is 5.40. The van der Waals surface area contributed by atoms with Crippen molar-refractivity contribution < 1.29 is 9.84 Å². The molecule has 0 spiro atoms. The first-order valence-corrected chi connectivity index (χ1v) is 5.40. The van der Waals surface area contributed by atoms with Crippen molar-refractivity contribution >= 4 is 0 Å². The molecule has 0 aromatic rings. The van der Waals surface area contributed by atoms with Crippen molar-refractivity contribution in [3.05, 3.63) is 0 Å². The lowest BCUT2D eigenvalue weighted by Gasteiger charge is -2.27. The van der Waals surface area contributed by atoms with Gasteiger partial charge in [-0.3, -0.25) is 4.90 Å². The summed E-state index contributed by atoms with van der Waals surface area (Å²) in [5.74, 6) is 0. The first kappa shape index (κ1) is 11.9. The van der Waals surface area contributed by atoms with E-state index in [0.717, 1.165) is 32.7 Å². The van der Waals surface area contributed by atoms with Gasteiger partial charge in [0.25, 0.3) is 0 Å². The lowest BCUT2D eigenvalue weighted by Crippen LogP contribution is -2.45. The Bertz CT molecular complexity index is 149. The van der Waals surface area contributed by atoms with Gasteiger partial charge in [0.05, 0.1) is 13.2 Å². The van der Waals surface area contributed by atoms with Gasteiger partial charge in [-0.25, -0.2) is 0 Å². The molecule has 0 saturated carbocycles. The van der Waals surface area contributed by atoms with E-state index in [1.54, 1.807) is 0 Å². The summed E-state index contributed by atoms with van der Waals surface area (Å²) >= 11 is 0. The highest BCUT2D eigenvalue weighted by Crippen LogP contribution is 2.10. The van der Waals surface area contributed by atoms with Gasteiger partial charge in [-0.1, -0.05) is 6.92 Å². The molecule has 1 saturated heterocycles. The fourth-order valence-corrected chi connectivity index (χ4v) is 1.84. The third kappa shape index (κ3) is 3.53. The van der Waals surface area contributed by atoms with Gasteiger partial charge in [0.15, 0.2) is 0 Å². The highest BCUT2D eigenvalue weighted by molar-refractivity contribution is 4.77. The molecule has 0 aliphatic carbocycles. The van der Waals surface area contributed by atoms with Crippen molar-refractivity contribution in [2.75, 3.05) is 40.0 Å². The van der Waals surface area contributed by atoms with E-state index in [2.05, 4.69) is 24.2 Å². The maximum atomic E-state index is 9.13. The van der Waals surface area contributed by atoms with E-state index in [0.29, 0.717) is 6.04 Å². The summed E-state index contributed by atoms with van der Waals surface area (Å²) in [6.07, 6.45) is 1.11. The summed E-state index contributed by atoms with van der Waals surface area (Å²) in [7, 11) is 2.10. The van der Waals surface area contributed by atoms with Gasteiger partial charge < -0.3 is 15.2 Å². The minimum Gasteiger partial charge on any atom is -0.395 e. The molecule has 1 fully saturated rings. The summed E-state index contributed by atoms with van der Waals surface area (Å²) in [6, 6.07) is 0.716. The van der Waals surface area contributed by atoms with Crippen LogP contribution in [0.5, 0.6) is 0 Å². The molecule has 4 nitrogen and oxygen atoms in total. The Morgan fingerprint density at radius 2 is 2.43 bits per heavy atom. The maximum Gasteiger partial charge on any atom is 0.0622 e. The molecule has 2 unspecified atom stereocenters. The Morgan fingerprint density at radius 1 is 1.64 bits per heavy atom. The third-order valence-corrected chi connectivity index (χ3v) is 2.75. The van der Waals surface area contributed by atoms with Gasteiger partial charge in [0.1, 0.15) is 0 Å². The predicted molar refractivity (Wildman–Crippen MR) is 56.4 cm³/mol. The zero-order chi connectivity index (χ0) is 10.4. The van der Waals surface area contributed by atoms with Crippen LogP contribution in [-0.2, 0) is 4.74 Å². The van der Waals surface area contributed by atoms with Crippen LogP contribution in [0.2, 0.25) is 0 Å². The van der Waals surface area contributed by atoms with Crippen LogP contribution in [0.1, 0.15) is 13.3 Å². The lowest BCUT2D eigenvalue weighted by molar-refractivity contribution is 0.139. The summed E-state index contributed by atoms with van der Waals surface area (Å²) in [5.41, 5.74) is 0. The highest BCUT2D eigenvalue weighted by Gasteiger charge is 2.21. The Morgan fingerprint density at radius 3 is 2.93 bits per heavy atom. The average Bonchev–Trinajstić information content (AvgIpc) is 2.69. The van der Waals surface area contributed by atoms with Gasteiger partial charge >= 0.3 is 0 Å². The Labute approximate surface area is 86.2 Å². The number of hydrogen-bond donors (Lipinski definition) is 2. The smallest absolute Gasteiger partial charge is 0.0622 e. The molecule has 1 heterocycles. The molecule has 2 N–H and O–H groups in total. The fraction of sp³-hybridized carbons (Fsp3) is 1.00. The number of rotatable bonds is 6. The largest absolute Gasteiger partial charge is 0.395 e. The van der Waals surface area contributed by atoms with Crippen LogP contribution in [0.25, 0.3) is 0 Å². The highest BCUT2D eigenvalue weighted by atomic mass is 16.5. The number of aliphatic hydroxyl groups is 1. The molecule has 0 aromatic heterocycles. The predicted octanol–water partition coefficient (Wildman–Crippen LogP) is -0.322. The molecule has 0 aromatic carbocycles. The normalized spacial score (nSPS) is 24.4. The summed E-state index contributed by atoms with van der Waals surface area (Å²) < 4.78 is 5.33. The van der Waals surface area contributed by atoms with Crippen molar-refractivity contribution in [1.29, 1.82) is 0 Å². The fourth-order valence-electron chi connectivity index (χ4n) is 1.84. The number of ether oxygens (including phenoxy) is 1. The molecule has 14 heavy (non-hydrogen) atoms. The molecule has 0 bridgehead atoms. The Hall–Kier alpha value is -0.160. The number of aliphatic hydroxyl groups excluding tert-OH is 1. The van der Waals surface area contributed by atoms with E-state index < -0.39 is 0 Å². The number of likely N-dealkylation sites (N-methyl/N-ethyl adjacent to an activating group) is 2. The second kappa shape index (κ2) is 6.35. The molecule has 84 valence electrons. The molecule has 4 heteroatoms. The van der Waals surface area contributed by atoms with E-state index in [1.165, 1.54) is 0 Å². The Balaban J connectivity index is 2.25. The molecule has 0 radical (unpaired) electrons. The van der Waals surface area contributed by atoms with Crippen LogP contribution >= 0.6 is 0 Å². The second-order valence-electron chi connectivity index (χ2n) is 3.89. The van der Waals surface area contributed by atoms with Crippen molar-refractivity contribution in [1.82, 2.24) is 10.2 Å². The average molecular weight is 202 g/mol. The van der Waals surface area contributed by atoms with Crippen LogP contribution in [0.4, 0.5) is 0 Å². The molecular weight excluding hydrogens is 180 g/mol. The summed E-state index contributed by atoms with van der Waals surface area (Å²) in [6.45, 7) is 5.76. The topological polar surface area (TPSA) is 44.7 Å². The summed E-state index contributed by atoms with van der Waals surface area (Å²) in [5, 5.41) is 12.4. The van der Waals surface area contributed by atoms with Crippen LogP contribution < -0.4 is 5.32 Å². The van der Waals surface area contributed by atoms with Crippen LogP contribution in [-0.4, -0.2) is 62.0 Å². The molecule has 1 aliphatic heterocycles. The van der Waals surface area contributed by atoms with E-state index >= 15 is 0 Å². The molecule has 1 rings (SSSR count). The van der Waals surface area contributed by atoms with E-state index in [9.17, 15) is 0 Å². The number of nitrogens with zero attached hydrogens (tertiary/aromatic N) is 1. The quantitative estimate of drug-likeness (QED) is 0.619. The van der Waals surface area contributed by atoms with E-state index in [-0.39, 0.29) is 12.6 Å². The van der Waals surface area contributed by atoms with E-state index in [4.69, 9.17) is 9.84 Å². The zero-order valence-corrected chi connectivity index (χ0v) is 9.20. The van der Waals surface area contributed by atoms with Crippen molar-refractivity contribution in [3.63, 3.8) is 0 Å². The first-order chi connectivity index (χ1) is 6.77. The lowest BCUT2D eigenvalue weighted by atomic mass is 10.2. The molecular formula is C10H22N2O2. The van der Waals surface area contributed by atoms with Gasteiger partial charge in [0, 0.05) is 25.2 Å². The van der Waals surface area contributed by atoms with Gasteiger partial charge in [-0.05, 0) is 20.0 Å². The summed E-state index contributed by atoms with van der Waals surface area (Å²) in [4.78, 5) is 2.27. The number of hydrogen-bond acceptors (Lipinski definition) is 4. The van der Waals surface area contributed by atoms with Gasteiger partial charge in [-0.2, -0.15) is 0 Å². The van der Waals surface area contributed by atoms with E-state index in [1.807, 2.05) is 0 Å². The van der Waals surface area contributed by atoms with Crippen LogP contribution in [0.15, 0.2) is 0 Å². The molecule has 1 aliphatic rings. The number of nitrogens with one attached hydrogen (secondary N) is 1. The van der Waals surface area contributed by atoms with Gasteiger partial charge in [-0.15, -0.1) is 0 Å². The maximum absolute atomic E-state index is 9.13. The monoisotopic (exact) mass is 202 g/mol. The van der Waals surface area contributed by atoms with Crippen molar-refractivity contribution in [2.45, 2.75) is 25.4 Å². The third-order valence-electron chi connectivity index (χ3n) is 2.75. The standard InChI is InChI=1S/C10H22N2O2/c1-3-11-9(7-13)6-12(2)10-4-5-14-8-10/h9-11,13H,3-8H2,1-2H3. The zero-order valence-electron chi connectivity index (χ0n) is 9.20. The SMILES string of the molecule is CCNC(CO)CN(C)C1CCOC1. The van der Waals surface area contributed by atoms with Crippen LogP contribution in [0, 0.1) is 0 Å². The second-order valence-corrected chi connectivity index (χ2v) is 3.89. The molecule has 0 amide bonds. The van der Waals surface area contributed by atoms with Gasteiger partial charge in [0.2, 0.25) is 0 Å². The van der Waals surface area contributed by atoms with Crippen molar-refractivity contribution in [2.24, 2.45) is 0 Å². The minimum atomic E-state index is 0.186. The Kier molecular flexibility index (Phi) is 5.40. The van der Waals surface area contributed by atoms with Crippen molar-refractivity contribution in [3.8, 4) is 0 Å². The minimum absolute atomic E-state index is 0.186. The van der Waals surface area contributed by atoms with Crippen LogP contribution in [0.3, 0.4) is 0 Å². The molecule has 2 atom stereocenters.